The number of aromatic nitrogens is 1. The Hall–Kier alpha value is -2.25. The maximum Gasteiger partial charge on any atom is 0.350 e. The van der Waals surface area contributed by atoms with Crippen LogP contribution in [-0.2, 0) is 9.53 Å². The van der Waals surface area contributed by atoms with Gasteiger partial charge in [0.05, 0.1) is 6.61 Å². The molecule has 0 radical (unpaired) electrons. The number of hydrogen-bond donors (Lipinski definition) is 2. The number of carbonyl (C=O) groups is 2. The zero-order chi connectivity index (χ0) is 16.1. The van der Waals surface area contributed by atoms with Gasteiger partial charge in [0.15, 0.2) is 5.13 Å². The fourth-order valence-electron chi connectivity index (χ4n) is 1.86. The summed E-state index contributed by atoms with van der Waals surface area (Å²) in [6.07, 6.45) is -1.07. The van der Waals surface area contributed by atoms with Gasteiger partial charge >= 0.3 is 5.97 Å². The van der Waals surface area contributed by atoms with Gasteiger partial charge in [-0.2, -0.15) is 0 Å². The van der Waals surface area contributed by atoms with Crippen molar-refractivity contribution in [3.05, 3.63) is 46.5 Å². The quantitative estimate of drug-likeness (QED) is 0.826. The van der Waals surface area contributed by atoms with Crippen molar-refractivity contribution in [2.24, 2.45) is 0 Å². The minimum Gasteiger partial charge on any atom is -0.462 e. The Labute approximate surface area is 131 Å². The number of ether oxygens (including phenoxy) is 1. The highest BCUT2D eigenvalue weighted by atomic mass is 32.1. The van der Waals surface area contributed by atoms with Crippen LogP contribution in [0.1, 0.15) is 40.9 Å². The van der Waals surface area contributed by atoms with Crippen LogP contribution in [-0.4, -0.2) is 28.6 Å². The van der Waals surface area contributed by atoms with Crippen LogP contribution in [0, 0.1) is 0 Å². The first kappa shape index (κ1) is 16.1. The first-order valence-electron chi connectivity index (χ1n) is 6.71. The Morgan fingerprint density at radius 3 is 2.64 bits per heavy atom. The van der Waals surface area contributed by atoms with Crippen LogP contribution in [0.25, 0.3) is 0 Å². The molecule has 0 bridgehead atoms. The van der Waals surface area contributed by atoms with Crippen LogP contribution in [0.4, 0.5) is 5.13 Å². The lowest BCUT2D eigenvalue weighted by Gasteiger charge is -2.10. The van der Waals surface area contributed by atoms with Gasteiger partial charge < -0.3 is 15.2 Å². The van der Waals surface area contributed by atoms with E-state index in [0.717, 1.165) is 11.3 Å². The lowest BCUT2D eigenvalue weighted by atomic mass is 10.1. The van der Waals surface area contributed by atoms with E-state index >= 15 is 0 Å². The number of amides is 1. The maximum atomic E-state index is 12.0. The highest BCUT2D eigenvalue weighted by molar-refractivity contribution is 7.17. The van der Waals surface area contributed by atoms with Gasteiger partial charge in [0, 0.05) is 6.92 Å². The molecule has 6 nitrogen and oxygen atoms in total. The van der Waals surface area contributed by atoms with E-state index in [1.165, 1.54) is 6.92 Å². The molecule has 0 aliphatic heterocycles. The van der Waals surface area contributed by atoms with E-state index in [2.05, 4.69) is 10.3 Å². The molecule has 0 saturated heterocycles. The second-order valence-electron chi connectivity index (χ2n) is 4.45. The zero-order valence-electron chi connectivity index (χ0n) is 12.2. The average Bonchev–Trinajstić information content (AvgIpc) is 2.90. The van der Waals surface area contributed by atoms with E-state index in [9.17, 15) is 14.7 Å². The summed E-state index contributed by atoms with van der Waals surface area (Å²) in [6, 6.07) is 8.85. The molecular weight excluding hydrogens is 304 g/mol. The van der Waals surface area contributed by atoms with Crippen LogP contribution in [0.5, 0.6) is 0 Å². The van der Waals surface area contributed by atoms with Gasteiger partial charge in [-0.15, -0.1) is 0 Å². The third-order valence-corrected chi connectivity index (χ3v) is 3.74. The van der Waals surface area contributed by atoms with E-state index in [1.807, 2.05) is 6.07 Å². The molecule has 116 valence electrons. The number of hydrogen-bond acceptors (Lipinski definition) is 6. The number of nitrogens with one attached hydrogen (secondary N) is 1. The van der Waals surface area contributed by atoms with Gasteiger partial charge in [0.2, 0.25) is 5.91 Å². The minimum atomic E-state index is -1.07. The number of anilines is 1. The van der Waals surface area contributed by atoms with Crippen molar-refractivity contribution in [3.63, 3.8) is 0 Å². The van der Waals surface area contributed by atoms with Crippen LogP contribution >= 0.6 is 11.3 Å². The smallest absolute Gasteiger partial charge is 0.350 e. The number of aliphatic hydroxyl groups is 1. The number of benzene rings is 1. The van der Waals surface area contributed by atoms with Crippen LogP contribution < -0.4 is 5.32 Å². The monoisotopic (exact) mass is 320 g/mol. The summed E-state index contributed by atoms with van der Waals surface area (Å²) >= 11 is 0.981. The molecule has 0 spiro atoms. The highest BCUT2D eigenvalue weighted by Crippen LogP contribution is 2.31. The molecule has 22 heavy (non-hydrogen) atoms. The van der Waals surface area contributed by atoms with Crippen molar-refractivity contribution in [3.8, 4) is 0 Å². The van der Waals surface area contributed by atoms with E-state index < -0.39 is 12.1 Å². The van der Waals surface area contributed by atoms with Crippen molar-refractivity contribution in [2.45, 2.75) is 20.0 Å². The molecule has 1 amide bonds. The normalized spacial score (nSPS) is 11.8. The van der Waals surface area contributed by atoms with Crippen molar-refractivity contribution in [1.82, 2.24) is 4.98 Å². The molecule has 1 heterocycles. The van der Waals surface area contributed by atoms with Gasteiger partial charge in [-0.3, -0.25) is 4.79 Å². The Bertz CT molecular complexity index is 669. The lowest BCUT2D eigenvalue weighted by Crippen LogP contribution is -2.10. The lowest BCUT2D eigenvalue weighted by molar-refractivity contribution is -0.114. The molecule has 0 aliphatic rings. The van der Waals surface area contributed by atoms with Crippen molar-refractivity contribution in [1.29, 1.82) is 0 Å². The van der Waals surface area contributed by atoms with Crippen LogP contribution in [0.3, 0.4) is 0 Å². The second-order valence-corrected chi connectivity index (χ2v) is 5.45. The molecular formula is C15H16N2O4S. The molecule has 2 rings (SSSR count). The van der Waals surface area contributed by atoms with E-state index in [-0.39, 0.29) is 28.2 Å². The number of nitrogens with zero attached hydrogens (tertiary/aromatic N) is 1. The molecule has 0 aliphatic carbocycles. The molecule has 7 heteroatoms. The summed E-state index contributed by atoms with van der Waals surface area (Å²) in [5.74, 6) is -0.869. The number of rotatable bonds is 5. The van der Waals surface area contributed by atoms with Gasteiger partial charge in [0.1, 0.15) is 16.7 Å². The number of aliphatic hydroxyl groups excluding tert-OH is 1. The summed E-state index contributed by atoms with van der Waals surface area (Å²) in [4.78, 5) is 27.5. The van der Waals surface area contributed by atoms with Crippen molar-refractivity contribution in [2.75, 3.05) is 11.9 Å². The second kappa shape index (κ2) is 7.15. The molecule has 1 aromatic carbocycles. The third-order valence-electron chi connectivity index (χ3n) is 2.77. The minimum absolute atomic E-state index is 0.179. The SMILES string of the molecule is CCOC(=O)c1sc(NC(C)=O)nc1C(O)c1ccccc1. The van der Waals surface area contributed by atoms with Crippen LogP contribution in [0.2, 0.25) is 0 Å². The fraction of sp³-hybridized carbons (Fsp3) is 0.267. The predicted octanol–water partition coefficient (Wildman–Crippen LogP) is 2.36. The summed E-state index contributed by atoms with van der Waals surface area (Å²) < 4.78 is 4.98. The third kappa shape index (κ3) is 3.69. The Balaban J connectivity index is 2.41. The number of carbonyl (C=O) groups excluding carboxylic acids is 2. The summed E-state index contributed by atoms with van der Waals surface area (Å²) in [5, 5.41) is 13.2. The van der Waals surface area contributed by atoms with E-state index in [0.29, 0.717) is 5.56 Å². The van der Waals surface area contributed by atoms with E-state index in [1.54, 1.807) is 31.2 Å². The fourth-order valence-corrected chi connectivity index (χ4v) is 2.79. The molecule has 1 atom stereocenters. The largest absolute Gasteiger partial charge is 0.462 e. The number of thiazole rings is 1. The first-order chi connectivity index (χ1) is 10.5. The van der Waals surface area contributed by atoms with Gasteiger partial charge in [-0.25, -0.2) is 9.78 Å². The van der Waals surface area contributed by atoms with Crippen molar-refractivity contribution >= 4 is 28.3 Å². The molecule has 1 unspecified atom stereocenters. The Morgan fingerprint density at radius 2 is 2.05 bits per heavy atom. The standard InChI is InChI=1S/C15H16N2O4S/c1-3-21-14(20)13-11(17-15(22-13)16-9(2)18)12(19)10-7-5-4-6-8-10/h4-8,12,19H,3H2,1-2H3,(H,16,17,18). The Morgan fingerprint density at radius 1 is 1.36 bits per heavy atom. The van der Waals surface area contributed by atoms with E-state index in [4.69, 9.17) is 4.74 Å². The van der Waals surface area contributed by atoms with Gasteiger partial charge in [-0.1, -0.05) is 41.7 Å². The Kier molecular flexibility index (Phi) is 5.24. The first-order valence-corrected chi connectivity index (χ1v) is 7.53. The molecule has 0 fully saturated rings. The average molecular weight is 320 g/mol. The maximum absolute atomic E-state index is 12.0. The summed E-state index contributed by atoms with van der Waals surface area (Å²) in [6.45, 7) is 3.26. The molecule has 2 aromatic rings. The molecule has 1 aromatic heterocycles. The number of esters is 1. The zero-order valence-corrected chi connectivity index (χ0v) is 13.0. The highest BCUT2D eigenvalue weighted by Gasteiger charge is 2.25. The van der Waals surface area contributed by atoms with Gasteiger partial charge in [0.25, 0.3) is 0 Å². The summed E-state index contributed by atoms with van der Waals surface area (Å²) in [5.41, 5.74) is 0.783. The molecule has 2 N–H and O–H groups in total. The topological polar surface area (TPSA) is 88.5 Å². The van der Waals surface area contributed by atoms with Crippen LogP contribution in [0.15, 0.2) is 30.3 Å². The molecule has 0 saturated carbocycles. The van der Waals surface area contributed by atoms with Crippen molar-refractivity contribution < 1.29 is 19.4 Å². The van der Waals surface area contributed by atoms with Gasteiger partial charge in [-0.05, 0) is 12.5 Å². The summed E-state index contributed by atoms with van der Waals surface area (Å²) in [7, 11) is 0. The predicted molar refractivity (Wildman–Crippen MR) is 82.9 cm³/mol.